The molecule has 1 saturated heterocycles. The molecule has 0 bridgehead atoms. The van der Waals surface area contributed by atoms with Gasteiger partial charge >= 0.3 is 0 Å². The predicted molar refractivity (Wildman–Crippen MR) is 150 cm³/mol. The highest BCUT2D eigenvalue weighted by Crippen LogP contribution is 2.32. The number of fused-ring (bicyclic) bond motifs is 1. The number of carbonyl (C=O) groups is 1. The molecular formula is C28H30N4O3S2. The third-order valence-corrected chi connectivity index (χ3v) is 9.66. The fraction of sp³-hybridized carbons (Fsp3) is 0.286. The van der Waals surface area contributed by atoms with E-state index in [2.05, 4.69) is 30.9 Å². The number of hydrogen-bond acceptors (Lipinski definition) is 6. The molecule has 5 rings (SSSR count). The Hall–Kier alpha value is -3.43. The lowest BCUT2D eigenvalue weighted by molar-refractivity contribution is 0.0746. The molecular weight excluding hydrogens is 504 g/mol. The number of rotatable bonds is 6. The van der Waals surface area contributed by atoms with E-state index in [-0.39, 0.29) is 10.8 Å². The van der Waals surface area contributed by atoms with Gasteiger partial charge in [0.05, 0.1) is 20.8 Å². The SMILES string of the molecule is CCN(c1ccccc1)S(=O)(=O)c1ccc(C(=O)N2CCN(c3nc4c(C)cc(C)cc4s3)CC2)cc1. The monoisotopic (exact) mass is 534 g/mol. The highest BCUT2D eigenvalue weighted by molar-refractivity contribution is 7.92. The first-order valence-electron chi connectivity index (χ1n) is 12.4. The predicted octanol–water partition coefficient (Wildman–Crippen LogP) is 5.09. The molecule has 0 unspecified atom stereocenters. The van der Waals surface area contributed by atoms with Gasteiger partial charge in [-0.25, -0.2) is 13.4 Å². The molecule has 1 fully saturated rings. The summed E-state index contributed by atoms with van der Waals surface area (Å²) in [7, 11) is -3.73. The molecule has 1 aromatic heterocycles. The molecule has 1 aliphatic rings. The summed E-state index contributed by atoms with van der Waals surface area (Å²) in [5.41, 5.74) is 4.57. The van der Waals surface area contributed by atoms with Crippen LogP contribution in [0.2, 0.25) is 0 Å². The summed E-state index contributed by atoms with van der Waals surface area (Å²) in [6.45, 7) is 8.89. The molecule has 9 heteroatoms. The van der Waals surface area contributed by atoms with Crippen LogP contribution in [0.5, 0.6) is 0 Å². The van der Waals surface area contributed by atoms with Crippen molar-refractivity contribution in [3.63, 3.8) is 0 Å². The van der Waals surface area contributed by atoms with Gasteiger partial charge in [0.15, 0.2) is 5.13 Å². The molecule has 0 atom stereocenters. The second kappa shape index (κ2) is 10.1. The summed E-state index contributed by atoms with van der Waals surface area (Å²) in [5, 5.41) is 0.990. The Labute approximate surface area is 222 Å². The number of hydrogen-bond donors (Lipinski definition) is 0. The zero-order valence-electron chi connectivity index (χ0n) is 21.2. The van der Waals surface area contributed by atoms with E-state index in [4.69, 9.17) is 4.98 Å². The number of aromatic nitrogens is 1. The summed E-state index contributed by atoms with van der Waals surface area (Å²) < 4.78 is 29.0. The van der Waals surface area contributed by atoms with Crippen molar-refractivity contribution in [3.8, 4) is 0 Å². The maximum atomic E-state index is 13.2. The van der Waals surface area contributed by atoms with Crippen LogP contribution in [0.15, 0.2) is 71.6 Å². The van der Waals surface area contributed by atoms with Crippen molar-refractivity contribution >= 4 is 48.3 Å². The Morgan fingerprint density at radius 1 is 0.973 bits per heavy atom. The van der Waals surface area contributed by atoms with Crippen LogP contribution in [0.1, 0.15) is 28.4 Å². The van der Waals surface area contributed by atoms with Gasteiger partial charge in [0.1, 0.15) is 0 Å². The van der Waals surface area contributed by atoms with E-state index in [0.29, 0.717) is 44.0 Å². The summed E-state index contributed by atoms with van der Waals surface area (Å²) >= 11 is 1.69. The van der Waals surface area contributed by atoms with Crippen LogP contribution >= 0.6 is 11.3 Å². The highest BCUT2D eigenvalue weighted by Gasteiger charge is 2.26. The van der Waals surface area contributed by atoms with Gasteiger partial charge in [-0.05, 0) is 74.4 Å². The molecule has 0 N–H and O–H groups in total. The number of anilines is 2. The summed E-state index contributed by atoms with van der Waals surface area (Å²) in [5.74, 6) is -0.0882. The van der Waals surface area contributed by atoms with Crippen LogP contribution in [0, 0.1) is 13.8 Å². The van der Waals surface area contributed by atoms with Crippen LogP contribution < -0.4 is 9.21 Å². The van der Waals surface area contributed by atoms with Crippen molar-refractivity contribution in [3.05, 3.63) is 83.4 Å². The minimum Gasteiger partial charge on any atom is -0.345 e. The minimum absolute atomic E-state index is 0.0882. The second-order valence-electron chi connectivity index (χ2n) is 9.23. The minimum atomic E-state index is -3.73. The van der Waals surface area contributed by atoms with Gasteiger partial charge in [0.2, 0.25) is 0 Å². The molecule has 0 saturated carbocycles. The Morgan fingerprint density at radius 2 is 1.65 bits per heavy atom. The lowest BCUT2D eigenvalue weighted by atomic mass is 10.1. The quantitative estimate of drug-likeness (QED) is 0.345. The maximum absolute atomic E-state index is 13.2. The average Bonchev–Trinajstić information content (AvgIpc) is 3.34. The summed E-state index contributed by atoms with van der Waals surface area (Å²) in [4.78, 5) is 22.3. The zero-order valence-corrected chi connectivity index (χ0v) is 22.8. The lowest BCUT2D eigenvalue weighted by Crippen LogP contribution is -2.48. The topological polar surface area (TPSA) is 73.8 Å². The largest absolute Gasteiger partial charge is 0.345 e. The van der Waals surface area contributed by atoms with Gasteiger partial charge < -0.3 is 9.80 Å². The van der Waals surface area contributed by atoms with Crippen molar-refractivity contribution in [1.82, 2.24) is 9.88 Å². The average molecular weight is 535 g/mol. The molecule has 1 aliphatic heterocycles. The fourth-order valence-corrected chi connectivity index (χ4v) is 7.43. The first-order chi connectivity index (χ1) is 17.8. The Balaban J connectivity index is 1.26. The molecule has 0 aliphatic carbocycles. The van der Waals surface area contributed by atoms with Crippen molar-refractivity contribution < 1.29 is 13.2 Å². The van der Waals surface area contributed by atoms with Crippen molar-refractivity contribution in [2.45, 2.75) is 25.7 Å². The Morgan fingerprint density at radius 3 is 2.30 bits per heavy atom. The number of aryl methyl sites for hydroxylation is 2. The van der Waals surface area contributed by atoms with Gasteiger partial charge in [-0.2, -0.15) is 0 Å². The smallest absolute Gasteiger partial charge is 0.264 e. The number of benzene rings is 3. The number of para-hydroxylation sites is 1. The first kappa shape index (κ1) is 25.2. The first-order valence-corrected chi connectivity index (χ1v) is 14.6. The third-order valence-electron chi connectivity index (χ3n) is 6.68. The lowest BCUT2D eigenvalue weighted by Gasteiger charge is -2.34. The van der Waals surface area contributed by atoms with E-state index in [1.807, 2.05) is 23.1 Å². The highest BCUT2D eigenvalue weighted by atomic mass is 32.2. The molecule has 37 heavy (non-hydrogen) atoms. The van der Waals surface area contributed by atoms with Crippen molar-refractivity contribution in [2.75, 3.05) is 41.9 Å². The molecule has 0 radical (unpaired) electrons. The van der Waals surface area contributed by atoms with E-state index in [1.165, 1.54) is 32.3 Å². The van der Waals surface area contributed by atoms with Crippen molar-refractivity contribution in [2.24, 2.45) is 0 Å². The number of sulfonamides is 1. The van der Waals surface area contributed by atoms with Gasteiger partial charge in [-0.3, -0.25) is 9.10 Å². The summed E-state index contributed by atoms with van der Waals surface area (Å²) in [6, 6.07) is 19.6. The normalized spacial score (nSPS) is 14.2. The van der Waals surface area contributed by atoms with Gasteiger partial charge in [0.25, 0.3) is 15.9 Å². The Bertz CT molecular complexity index is 1530. The molecule has 2 heterocycles. The number of piperazine rings is 1. The number of nitrogens with zero attached hydrogens (tertiary/aromatic N) is 4. The van der Waals surface area contributed by atoms with Crippen LogP contribution in [0.4, 0.5) is 10.8 Å². The standard InChI is InChI=1S/C28H30N4O3S2/c1-4-32(23-8-6-5-7-9-23)37(34,35)24-12-10-22(11-13-24)27(33)30-14-16-31(17-15-30)28-29-26-21(3)18-20(2)19-25(26)36-28/h5-13,18-19H,4,14-17H2,1-3H3. The third kappa shape index (κ3) is 4.93. The van der Waals surface area contributed by atoms with Crippen molar-refractivity contribution in [1.29, 1.82) is 0 Å². The van der Waals surface area contributed by atoms with Gasteiger partial charge in [-0.15, -0.1) is 0 Å². The molecule has 192 valence electrons. The molecule has 4 aromatic rings. The number of amides is 1. The van der Waals surface area contributed by atoms with Crippen LogP contribution in [0.25, 0.3) is 10.2 Å². The summed E-state index contributed by atoms with van der Waals surface area (Å²) in [6.07, 6.45) is 0. The van der Waals surface area contributed by atoms with E-state index < -0.39 is 10.0 Å². The molecule has 3 aromatic carbocycles. The van der Waals surface area contributed by atoms with E-state index >= 15 is 0 Å². The maximum Gasteiger partial charge on any atom is 0.264 e. The van der Waals surface area contributed by atoms with E-state index in [1.54, 1.807) is 42.5 Å². The fourth-order valence-electron chi connectivity index (χ4n) is 4.76. The van der Waals surface area contributed by atoms with E-state index in [9.17, 15) is 13.2 Å². The van der Waals surface area contributed by atoms with E-state index in [0.717, 1.165) is 10.6 Å². The molecule has 7 nitrogen and oxygen atoms in total. The van der Waals surface area contributed by atoms with Crippen LogP contribution in [-0.4, -0.2) is 56.9 Å². The second-order valence-corrected chi connectivity index (χ2v) is 12.1. The van der Waals surface area contributed by atoms with Crippen LogP contribution in [0.3, 0.4) is 0 Å². The van der Waals surface area contributed by atoms with Gasteiger partial charge in [0, 0.05) is 38.3 Å². The molecule has 1 amide bonds. The zero-order chi connectivity index (χ0) is 26.2. The van der Waals surface area contributed by atoms with Gasteiger partial charge in [-0.1, -0.05) is 35.6 Å². The van der Waals surface area contributed by atoms with Crippen LogP contribution in [-0.2, 0) is 10.0 Å². The molecule has 0 spiro atoms. The number of carbonyl (C=O) groups excluding carboxylic acids is 1. The number of thiazole rings is 1. The Kier molecular flexibility index (Phi) is 6.92.